The number of hydrogen-bond donors (Lipinski definition) is 4. The fourth-order valence-corrected chi connectivity index (χ4v) is 4.80. The van der Waals surface area contributed by atoms with Crippen LogP contribution in [-0.4, -0.2) is 109 Å². The average Bonchev–Trinajstić information content (AvgIpc) is 2.92. The number of carbonyl (C=O) groups is 2. The first kappa shape index (κ1) is 31.7. The highest BCUT2D eigenvalue weighted by Gasteiger charge is 2.48. The minimum absolute atomic E-state index is 0.161. The Kier molecular flexibility index (Phi) is 9.81. The van der Waals surface area contributed by atoms with Gasteiger partial charge in [-0.3, -0.25) is 9.69 Å². The van der Waals surface area contributed by atoms with Crippen molar-refractivity contribution in [3.05, 3.63) is 63.0 Å². The lowest BCUT2D eigenvalue weighted by atomic mass is 9.99. The standard InChI is InChI=1S/C28H36ClN3O10/c1-28(2,3)42-27(39)31-12-10-30(11-13-31)15-17-8-9-32(14-16-4-6-18(29)7-5-16)24(36)22(17)40-26-21(35)19(33)20(34)23(41-26)25(37)38/h4-9,19-21,23,26,33-35H,10-15H2,1-3H3,(H,37,38)/t19-,20-,21+,23-,26+/m0/s1. The maximum absolute atomic E-state index is 13.7. The lowest BCUT2D eigenvalue weighted by Gasteiger charge is -2.39. The van der Waals surface area contributed by atoms with Crippen LogP contribution in [0.2, 0.25) is 5.02 Å². The largest absolute Gasteiger partial charge is 0.479 e. The zero-order valence-corrected chi connectivity index (χ0v) is 24.3. The van der Waals surface area contributed by atoms with Gasteiger partial charge in [0.25, 0.3) is 5.56 Å². The van der Waals surface area contributed by atoms with Crippen LogP contribution in [0.1, 0.15) is 31.9 Å². The smallest absolute Gasteiger partial charge is 0.410 e. The Hall–Kier alpha value is -3.20. The summed E-state index contributed by atoms with van der Waals surface area (Å²) in [6, 6.07) is 8.57. The van der Waals surface area contributed by atoms with Crippen molar-refractivity contribution in [2.45, 2.75) is 70.2 Å². The molecule has 42 heavy (non-hydrogen) atoms. The predicted octanol–water partition coefficient (Wildman–Crippen LogP) is 0.874. The number of aliphatic carboxylic acids is 1. The summed E-state index contributed by atoms with van der Waals surface area (Å²) in [6.07, 6.45) is -8.11. The van der Waals surface area contributed by atoms with Gasteiger partial charge in [-0.2, -0.15) is 0 Å². The van der Waals surface area contributed by atoms with E-state index in [9.17, 15) is 34.8 Å². The molecule has 0 aliphatic carbocycles. The molecule has 2 aliphatic rings. The lowest BCUT2D eigenvalue weighted by Crippen LogP contribution is -2.61. The van der Waals surface area contributed by atoms with Crippen LogP contribution in [0, 0.1) is 0 Å². The molecular weight excluding hydrogens is 574 g/mol. The Bertz CT molecular complexity index is 1320. The number of aliphatic hydroxyl groups is 3. The van der Waals surface area contributed by atoms with Crippen molar-refractivity contribution in [2.24, 2.45) is 0 Å². The van der Waals surface area contributed by atoms with Crippen molar-refractivity contribution >= 4 is 23.7 Å². The number of carboxylic acid groups (broad SMARTS) is 1. The Morgan fingerprint density at radius 1 is 0.976 bits per heavy atom. The highest BCUT2D eigenvalue weighted by atomic mass is 35.5. The van der Waals surface area contributed by atoms with Gasteiger partial charge in [-0.25, -0.2) is 9.59 Å². The quantitative estimate of drug-likeness (QED) is 0.351. The topological polar surface area (TPSA) is 171 Å². The summed E-state index contributed by atoms with van der Waals surface area (Å²) >= 11 is 5.98. The molecule has 0 unspecified atom stereocenters. The fraction of sp³-hybridized carbons (Fsp3) is 0.536. The molecule has 4 N–H and O–H groups in total. The highest BCUT2D eigenvalue weighted by Crippen LogP contribution is 2.26. The van der Waals surface area contributed by atoms with Gasteiger partial charge in [-0.05, 0) is 44.5 Å². The van der Waals surface area contributed by atoms with Crippen molar-refractivity contribution in [3.8, 4) is 5.75 Å². The minimum atomic E-state index is -1.91. The zero-order chi connectivity index (χ0) is 30.8. The summed E-state index contributed by atoms with van der Waals surface area (Å²) in [6.45, 7) is 7.51. The van der Waals surface area contributed by atoms with E-state index in [-0.39, 0.29) is 18.8 Å². The molecule has 2 saturated heterocycles. The number of halogens is 1. The Balaban J connectivity index is 1.58. The van der Waals surface area contributed by atoms with Gasteiger partial charge in [0.15, 0.2) is 11.9 Å². The van der Waals surface area contributed by atoms with Crippen molar-refractivity contribution in [2.75, 3.05) is 26.2 Å². The molecule has 0 radical (unpaired) electrons. The molecule has 3 heterocycles. The summed E-state index contributed by atoms with van der Waals surface area (Å²) < 4.78 is 17.9. The number of pyridine rings is 1. The molecule has 13 nitrogen and oxygen atoms in total. The maximum Gasteiger partial charge on any atom is 0.410 e. The average molecular weight is 610 g/mol. The van der Waals surface area contributed by atoms with Crippen molar-refractivity contribution in [1.29, 1.82) is 0 Å². The molecule has 2 fully saturated rings. The molecule has 230 valence electrons. The molecule has 14 heteroatoms. The number of aromatic nitrogens is 1. The number of carbonyl (C=O) groups excluding carboxylic acids is 1. The normalized spacial score (nSPS) is 25.2. The Morgan fingerprint density at radius 3 is 2.21 bits per heavy atom. The summed E-state index contributed by atoms with van der Waals surface area (Å²) in [5, 5.41) is 40.8. The number of benzene rings is 1. The Morgan fingerprint density at radius 2 is 1.62 bits per heavy atom. The van der Waals surface area contributed by atoms with E-state index >= 15 is 0 Å². The van der Waals surface area contributed by atoms with Crippen LogP contribution in [0.5, 0.6) is 5.75 Å². The number of ether oxygens (including phenoxy) is 3. The maximum atomic E-state index is 13.7. The summed E-state index contributed by atoms with van der Waals surface area (Å²) in [4.78, 5) is 41.3. The number of rotatable bonds is 7. The highest BCUT2D eigenvalue weighted by molar-refractivity contribution is 6.30. The molecule has 1 aromatic carbocycles. The molecule has 0 bridgehead atoms. The van der Waals surface area contributed by atoms with E-state index in [1.165, 1.54) is 4.57 Å². The second-order valence-corrected chi connectivity index (χ2v) is 11.8. The number of amides is 1. The van der Waals surface area contributed by atoms with E-state index in [1.807, 2.05) is 4.90 Å². The number of aliphatic hydroxyl groups excluding tert-OH is 3. The van der Waals surface area contributed by atoms with Crippen molar-refractivity contribution in [3.63, 3.8) is 0 Å². The summed E-state index contributed by atoms with van der Waals surface area (Å²) in [7, 11) is 0. The van der Waals surface area contributed by atoms with Gasteiger partial charge >= 0.3 is 12.1 Å². The lowest BCUT2D eigenvalue weighted by molar-refractivity contribution is -0.271. The molecule has 0 spiro atoms. The molecule has 0 saturated carbocycles. The van der Waals surface area contributed by atoms with Gasteiger partial charge in [0.05, 0.1) is 6.54 Å². The third-order valence-electron chi connectivity index (χ3n) is 6.93. The van der Waals surface area contributed by atoms with Gasteiger partial charge in [-0.1, -0.05) is 23.7 Å². The number of nitrogens with zero attached hydrogens (tertiary/aromatic N) is 3. The summed E-state index contributed by atoms with van der Waals surface area (Å²) in [5.41, 5.74) is -0.0118. The SMILES string of the molecule is CC(C)(C)OC(=O)N1CCN(Cc2ccn(Cc3ccc(Cl)cc3)c(=O)c2O[C@@H]2O[C@H](C(=O)O)[C@@H](O)[C@H](O)[C@H]2O)CC1. The van der Waals surface area contributed by atoms with Gasteiger partial charge < -0.3 is 44.1 Å². The number of carboxylic acids is 1. The van der Waals surface area contributed by atoms with E-state index in [0.29, 0.717) is 36.8 Å². The van der Waals surface area contributed by atoms with Gasteiger partial charge in [0, 0.05) is 49.5 Å². The third kappa shape index (κ3) is 7.60. The molecule has 1 amide bonds. The van der Waals surface area contributed by atoms with Crippen LogP contribution in [-0.2, 0) is 27.4 Å². The second-order valence-electron chi connectivity index (χ2n) is 11.3. The van der Waals surface area contributed by atoms with Crippen LogP contribution < -0.4 is 10.3 Å². The van der Waals surface area contributed by atoms with Crippen LogP contribution in [0.4, 0.5) is 4.79 Å². The minimum Gasteiger partial charge on any atom is -0.479 e. The molecule has 4 rings (SSSR count). The van der Waals surface area contributed by atoms with E-state index in [0.717, 1.165) is 5.56 Å². The first-order valence-corrected chi connectivity index (χ1v) is 13.9. The second kappa shape index (κ2) is 13.0. The van der Waals surface area contributed by atoms with Crippen LogP contribution in [0.25, 0.3) is 0 Å². The molecule has 2 aliphatic heterocycles. The Labute approximate surface area is 247 Å². The van der Waals surface area contributed by atoms with E-state index in [4.69, 9.17) is 25.8 Å². The van der Waals surface area contributed by atoms with Crippen LogP contribution >= 0.6 is 11.6 Å². The monoisotopic (exact) mass is 609 g/mol. The summed E-state index contributed by atoms with van der Waals surface area (Å²) in [5.74, 6) is -1.78. The molecular formula is C28H36ClN3O10. The van der Waals surface area contributed by atoms with Gasteiger partial charge in [-0.15, -0.1) is 0 Å². The number of piperazine rings is 1. The molecule has 1 aromatic heterocycles. The van der Waals surface area contributed by atoms with E-state index in [2.05, 4.69) is 0 Å². The molecule has 2 aromatic rings. The first-order valence-electron chi connectivity index (χ1n) is 13.5. The molecule has 5 atom stereocenters. The number of hydrogen-bond acceptors (Lipinski definition) is 10. The van der Waals surface area contributed by atoms with Gasteiger partial charge in [0.1, 0.15) is 23.9 Å². The van der Waals surface area contributed by atoms with Crippen LogP contribution in [0.15, 0.2) is 41.3 Å². The van der Waals surface area contributed by atoms with Crippen LogP contribution in [0.3, 0.4) is 0 Å². The van der Waals surface area contributed by atoms with Gasteiger partial charge in [0.2, 0.25) is 6.29 Å². The van der Waals surface area contributed by atoms with E-state index < -0.39 is 53.9 Å². The fourth-order valence-electron chi connectivity index (χ4n) is 4.67. The van der Waals surface area contributed by atoms with E-state index in [1.54, 1.807) is 62.2 Å². The van der Waals surface area contributed by atoms with Crippen molar-refractivity contribution < 1.29 is 44.2 Å². The van der Waals surface area contributed by atoms with Crippen molar-refractivity contribution in [1.82, 2.24) is 14.4 Å². The zero-order valence-electron chi connectivity index (χ0n) is 23.6. The first-order chi connectivity index (χ1) is 19.7. The predicted molar refractivity (Wildman–Crippen MR) is 149 cm³/mol. The third-order valence-corrected chi connectivity index (χ3v) is 7.19.